The molecule has 0 spiro atoms. The minimum Gasteiger partial charge on any atom is -0.312 e. The molecule has 2 fully saturated rings. The molecule has 2 unspecified atom stereocenters. The Balaban J connectivity index is 1.74. The molecule has 2 heterocycles. The van der Waals surface area contributed by atoms with Gasteiger partial charge in [0.25, 0.3) is 0 Å². The number of nitrogens with zero attached hydrogens (tertiary/aromatic N) is 2. The molecule has 17 heavy (non-hydrogen) atoms. The highest BCUT2D eigenvalue weighted by Gasteiger charge is 2.31. The van der Waals surface area contributed by atoms with Crippen molar-refractivity contribution in [1.82, 2.24) is 15.1 Å². The highest BCUT2D eigenvalue weighted by molar-refractivity contribution is 4.89. The largest absolute Gasteiger partial charge is 0.312 e. The number of hydrogen-bond acceptors (Lipinski definition) is 3. The predicted molar refractivity (Wildman–Crippen MR) is 73.3 cm³/mol. The molecule has 2 aliphatic rings. The molecule has 3 nitrogen and oxygen atoms in total. The summed E-state index contributed by atoms with van der Waals surface area (Å²) < 4.78 is 0. The van der Waals surface area contributed by atoms with Gasteiger partial charge in [-0.1, -0.05) is 6.92 Å². The first-order valence-electron chi connectivity index (χ1n) is 7.11. The normalized spacial score (nSPS) is 35.3. The van der Waals surface area contributed by atoms with Crippen LogP contribution in [-0.4, -0.2) is 62.2 Å². The van der Waals surface area contributed by atoms with Crippen molar-refractivity contribution >= 4 is 0 Å². The third-order valence-electron chi connectivity index (χ3n) is 4.90. The van der Waals surface area contributed by atoms with Crippen LogP contribution in [0.5, 0.6) is 0 Å². The molecule has 2 atom stereocenters. The van der Waals surface area contributed by atoms with Crippen LogP contribution in [0.25, 0.3) is 0 Å². The molecule has 0 aromatic rings. The van der Waals surface area contributed by atoms with E-state index in [4.69, 9.17) is 0 Å². The molecule has 0 saturated carbocycles. The third-order valence-corrected chi connectivity index (χ3v) is 4.90. The van der Waals surface area contributed by atoms with Crippen LogP contribution in [0.15, 0.2) is 0 Å². The van der Waals surface area contributed by atoms with E-state index in [1.54, 1.807) is 0 Å². The first-order chi connectivity index (χ1) is 7.98. The molecule has 2 saturated heterocycles. The molecule has 2 aliphatic heterocycles. The van der Waals surface area contributed by atoms with Crippen molar-refractivity contribution in [3.8, 4) is 0 Å². The second-order valence-corrected chi connectivity index (χ2v) is 6.72. The van der Waals surface area contributed by atoms with Gasteiger partial charge in [-0.2, -0.15) is 0 Å². The molecular weight excluding hydrogens is 210 g/mol. The number of rotatable bonds is 3. The van der Waals surface area contributed by atoms with Crippen molar-refractivity contribution in [1.29, 1.82) is 0 Å². The Bertz CT molecular complexity index is 236. The maximum absolute atomic E-state index is 3.81. The fourth-order valence-electron chi connectivity index (χ4n) is 3.07. The predicted octanol–water partition coefficient (Wildman–Crippen LogP) is 1.40. The first-order valence-corrected chi connectivity index (χ1v) is 7.11. The van der Waals surface area contributed by atoms with Gasteiger partial charge in [-0.15, -0.1) is 0 Å². The van der Waals surface area contributed by atoms with Gasteiger partial charge in [0, 0.05) is 25.2 Å². The van der Waals surface area contributed by atoms with E-state index in [0.29, 0.717) is 11.5 Å². The molecule has 1 N–H and O–H groups in total. The Labute approximate surface area is 107 Å². The summed E-state index contributed by atoms with van der Waals surface area (Å²) in [5.74, 6) is 0. The molecule has 0 bridgehead atoms. The maximum Gasteiger partial charge on any atom is 0.0210 e. The van der Waals surface area contributed by atoms with E-state index in [1.807, 2.05) is 0 Å². The van der Waals surface area contributed by atoms with E-state index in [0.717, 1.165) is 6.04 Å². The van der Waals surface area contributed by atoms with Crippen molar-refractivity contribution in [3.05, 3.63) is 0 Å². The summed E-state index contributed by atoms with van der Waals surface area (Å²) >= 11 is 0. The summed E-state index contributed by atoms with van der Waals surface area (Å²) in [6.07, 6.45) is 4.00. The van der Waals surface area contributed by atoms with Crippen LogP contribution in [0.2, 0.25) is 0 Å². The molecule has 0 aromatic carbocycles. The van der Waals surface area contributed by atoms with Crippen LogP contribution >= 0.6 is 0 Å². The van der Waals surface area contributed by atoms with Gasteiger partial charge in [0.1, 0.15) is 0 Å². The lowest BCUT2D eigenvalue weighted by Gasteiger charge is -2.38. The Morgan fingerprint density at radius 2 is 1.88 bits per heavy atom. The molecular formula is C14H29N3. The van der Waals surface area contributed by atoms with Crippen LogP contribution in [-0.2, 0) is 0 Å². The van der Waals surface area contributed by atoms with E-state index in [2.05, 4.69) is 43.1 Å². The Kier molecular flexibility index (Phi) is 4.11. The smallest absolute Gasteiger partial charge is 0.0210 e. The number of likely N-dealkylation sites (tertiary alicyclic amines) is 2. The lowest BCUT2D eigenvalue weighted by molar-refractivity contribution is 0.133. The van der Waals surface area contributed by atoms with Crippen LogP contribution in [0.3, 0.4) is 0 Å². The van der Waals surface area contributed by atoms with Crippen molar-refractivity contribution < 1.29 is 0 Å². The van der Waals surface area contributed by atoms with Crippen LogP contribution < -0.4 is 5.32 Å². The number of likely N-dealkylation sites (N-methyl/N-ethyl adjacent to an activating group) is 1. The van der Waals surface area contributed by atoms with Crippen molar-refractivity contribution in [2.75, 3.05) is 40.3 Å². The van der Waals surface area contributed by atoms with Gasteiger partial charge in [-0.05, 0) is 58.8 Å². The zero-order valence-electron chi connectivity index (χ0n) is 12.0. The zero-order valence-corrected chi connectivity index (χ0v) is 12.0. The average molecular weight is 239 g/mol. The second kappa shape index (κ2) is 5.25. The number of piperidine rings is 1. The monoisotopic (exact) mass is 239 g/mol. The average Bonchev–Trinajstić information content (AvgIpc) is 2.61. The van der Waals surface area contributed by atoms with Crippen LogP contribution in [0, 0.1) is 5.41 Å². The summed E-state index contributed by atoms with van der Waals surface area (Å²) in [5.41, 5.74) is 0.525. The van der Waals surface area contributed by atoms with Crippen molar-refractivity contribution in [2.24, 2.45) is 5.41 Å². The van der Waals surface area contributed by atoms with E-state index in [-0.39, 0.29) is 0 Å². The fraction of sp³-hybridized carbons (Fsp3) is 1.00. The SMILES string of the molecule is CC1CC(NCC2(C)CCN(C)CC2)CN1C. The Hall–Kier alpha value is -0.120. The zero-order chi connectivity index (χ0) is 12.5. The van der Waals surface area contributed by atoms with Crippen LogP contribution in [0.4, 0.5) is 0 Å². The molecule has 0 amide bonds. The molecule has 0 radical (unpaired) electrons. The highest BCUT2D eigenvalue weighted by atomic mass is 15.2. The van der Waals surface area contributed by atoms with Gasteiger partial charge in [0.2, 0.25) is 0 Å². The topological polar surface area (TPSA) is 18.5 Å². The molecule has 0 aliphatic carbocycles. The fourth-order valence-corrected chi connectivity index (χ4v) is 3.07. The molecule has 100 valence electrons. The first kappa shape index (κ1) is 13.3. The van der Waals surface area contributed by atoms with Gasteiger partial charge in [-0.25, -0.2) is 0 Å². The molecule has 3 heteroatoms. The van der Waals surface area contributed by atoms with Crippen molar-refractivity contribution in [2.45, 2.75) is 45.2 Å². The minimum atomic E-state index is 0.525. The second-order valence-electron chi connectivity index (χ2n) is 6.72. The molecule has 0 aromatic heterocycles. The minimum absolute atomic E-state index is 0.525. The quantitative estimate of drug-likeness (QED) is 0.803. The highest BCUT2D eigenvalue weighted by Crippen LogP contribution is 2.30. The van der Waals surface area contributed by atoms with E-state index in [9.17, 15) is 0 Å². The summed E-state index contributed by atoms with van der Waals surface area (Å²) in [6.45, 7) is 9.73. The number of hydrogen-bond donors (Lipinski definition) is 1. The Morgan fingerprint density at radius 3 is 2.41 bits per heavy atom. The van der Waals surface area contributed by atoms with E-state index < -0.39 is 0 Å². The van der Waals surface area contributed by atoms with Gasteiger partial charge in [0.15, 0.2) is 0 Å². The Morgan fingerprint density at radius 1 is 1.24 bits per heavy atom. The van der Waals surface area contributed by atoms with E-state index >= 15 is 0 Å². The third kappa shape index (κ3) is 3.43. The summed E-state index contributed by atoms with van der Waals surface area (Å²) in [4.78, 5) is 4.92. The van der Waals surface area contributed by atoms with Gasteiger partial charge in [-0.3, -0.25) is 0 Å². The van der Waals surface area contributed by atoms with E-state index in [1.165, 1.54) is 45.4 Å². The standard InChI is InChI=1S/C14H29N3/c1-12-9-13(10-17(12)4)15-11-14(2)5-7-16(3)8-6-14/h12-13,15H,5-11H2,1-4H3. The molecule has 2 rings (SSSR count). The lowest BCUT2D eigenvalue weighted by Crippen LogP contribution is -2.45. The summed E-state index contributed by atoms with van der Waals surface area (Å²) in [7, 11) is 4.48. The van der Waals surface area contributed by atoms with Crippen molar-refractivity contribution in [3.63, 3.8) is 0 Å². The summed E-state index contributed by atoms with van der Waals surface area (Å²) in [5, 5.41) is 3.81. The van der Waals surface area contributed by atoms with Gasteiger partial charge in [0.05, 0.1) is 0 Å². The maximum atomic E-state index is 3.81. The number of nitrogens with one attached hydrogen (secondary N) is 1. The van der Waals surface area contributed by atoms with Gasteiger partial charge >= 0.3 is 0 Å². The lowest BCUT2D eigenvalue weighted by atomic mass is 9.80. The van der Waals surface area contributed by atoms with Crippen LogP contribution in [0.1, 0.15) is 33.1 Å². The van der Waals surface area contributed by atoms with Gasteiger partial charge < -0.3 is 15.1 Å². The summed E-state index contributed by atoms with van der Waals surface area (Å²) in [6, 6.07) is 1.46.